The fraction of sp³-hybridized carbons (Fsp3) is 0.297. The van der Waals surface area contributed by atoms with Gasteiger partial charge in [-0.25, -0.2) is 4.98 Å². The van der Waals surface area contributed by atoms with Gasteiger partial charge in [0.25, 0.3) is 0 Å². The van der Waals surface area contributed by atoms with E-state index in [2.05, 4.69) is 121 Å². The molecule has 3 aromatic carbocycles. The van der Waals surface area contributed by atoms with Gasteiger partial charge in [-0.2, -0.15) is 0 Å². The summed E-state index contributed by atoms with van der Waals surface area (Å²) in [7, 11) is 0. The number of nitrogens with zero attached hydrogens (tertiary/aromatic N) is 3. The molecule has 3 heterocycles. The van der Waals surface area contributed by atoms with Crippen molar-refractivity contribution in [1.29, 1.82) is 0 Å². The van der Waals surface area contributed by atoms with Crippen molar-refractivity contribution in [3.63, 3.8) is 0 Å². The first kappa shape index (κ1) is 30.0. The monoisotopic (exact) mass is 735 g/mol. The molecule has 0 bridgehead atoms. The van der Waals surface area contributed by atoms with Crippen LogP contribution in [0.1, 0.15) is 77.6 Å². The Kier molecular flexibility index (Phi) is 7.39. The number of fused-ring (bicyclic) bond motifs is 3. The van der Waals surface area contributed by atoms with Gasteiger partial charge in [0.15, 0.2) is 0 Å². The maximum atomic E-state index is 10.8. The maximum absolute atomic E-state index is 10.8. The van der Waals surface area contributed by atoms with E-state index in [1.54, 1.807) is 6.07 Å². The summed E-state index contributed by atoms with van der Waals surface area (Å²) in [5, 5.41) is 11.8. The average molecular weight is 736 g/mol. The van der Waals surface area contributed by atoms with Crippen LogP contribution in [0.5, 0.6) is 5.75 Å². The van der Waals surface area contributed by atoms with E-state index in [-0.39, 0.29) is 43.1 Å². The van der Waals surface area contributed by atoms with Gasteiger partial charge in [-0.3, -0.25) is 4.98 Å². The molecule has 0 atom stereocenters. The molecule has 5 heteroatoms. The van der Waals surface area contributed by atoms with Gasteiger partial charge in [0, 0.05) is 38.3 Å². The van der Waals surface area contributed by atoms with Crippen LogP contribution in [0.3, 0.4) is 0 Å². The average Bonchev–Trinajstić information content (AvgIpc) is 2.92. The van der Waals surface area contributed by atoms with Crippen molar-refractivity contribution in [3.8, 4) is 17.0 Å². The summed E-state index contributed by atoms with van der Waals surface area (Å²) in [6.07, 6.45) is 1.99. The number of benzene rings is 3. The Labute approximate surface area is 264 Å². The van der Waals surface area contributed by atoms with Crippen LogP contribution in [0, 0.1) is 6.07 Å². The smallest absolute Gasteiger partial charge is 0.140 e. The first-order valence-corrected chi connectivity index (χ1v) is 14.3. The van der Waals surface area contributed by atoms with Crippen molar-refractivity contribution in [1.82, 2.24) is 9.97 Å². The Balaban J connectivity index is 0.00000353. The second-order valence-corrected chi connectivity index (χ2v) is 13.7. The molecular formula is C37H38N3OPt-. The molecule has 0 saturated carbocycles. The fourth-order valence-corrected chi connectivity index (χ4v) is 5.98. The molecule has 42 heavy (non-hydrogen) atoms. The van der Waals surface area contributed by atoms with Crippen LogP contribution < -0.4 is 4.90 Å². The third-order valence-electron chi connectivity index (χ3n) is 8.40. The molecular weight excluding hydrogens is 698 g/mol. The number of hydrogen-bond donors (Lipinski definition) is 1. The van der Waals surface area contributed by atoms with Gasteiger partial charge in [0.05, 0.1) is 0 Å². The summed E-state index contributed by atoms with van der Waals surface area (Å²) >= 11 is 0. The molecule has 2 aromatic heterocycles. The molecule has 4 nitrogen and oxygen atoms in total. The number of aromatic nitrogens is 2. The fourth-order valence-electron chi connectivity index (χ4n) is 5.98. The molecule has 0 saturated heterocycles. The molecule has 1 N–H and O–H groups in total. The number of anilines is 3. The van der Waals surface area contributed by atoms with Gasteiger partial charge in [0.2, 0.25) is 0 Å². The van der Waals surface area contributed by atoms with Crippen LogP contribution in [0.25, 0.3) is 22.2 Å². The first-order valence-electron chi connectivity index (χ1n) is 14.3. The van der Waals surface area contributed by atoms with E-state index in [0.717, 1.165) is 39.4 Å². The SMILES string of the molecule is CC(C)(C)c1ccc(N2c3[c-]c(-c4ccc5c(C(C)(C)C)ccc(O)c5n4)ccc3C(C)(C)c3ccccc32)nc1.[Pt]. The van der Waals surface area contributed by atoms with Crippen molar-refractivity contribution in [2.24, 2.45) is 0 Å². The van der Waals surface area contributed by atoms with Gasteiger partial charge < -0.3 is 10.0 Å². The zero-order valence-electron chi connectivity index (χ0n) is 25.6. The first-order chi connectivity index (χ1) is 19.3. The van der Waals surface area contributed by atoms with Gasteiger partial charge in [-0.1, -0.05) is 103 Å². The summed E-state index contributed by atoms with van der Waals surface area (Å²) < 4.78 is 0. The molecule has 0 radical (unpaired) electrons. The van der Waals surface area contributed by atoms with E-state index < -0.39 is 0 Å². The van der Waals surface area contributed by atoms with Crippen molar-refractivity contribution >= 4 is 28.1 Å². The summed E-state index contributed by atoms with van der Waals surface area (Å²) in [5.41, 5.74) is 8.85. The maximum Gasteiger partial charge on any atom is 0.140 e. The summed E-state index contributed by atoms with van der Waals surface area (Å²) in [5.74, 6) is 1.04. The van der Waals surface area contributed by atoms with Gasteiger partial charge >= 0.3 is 0 Å². The second kappa shape index (κ2) is 10.3. The van der Waals surface area contributed by atoms with Crippen molar-refractivity contribution < 1.29 is 26.2 Å². The van der Waals surface area contributed by atoms with Crippen molar-refractivity contribution in [3.05, 3.63) is 107 Å². The minimum Gasteiger partial charge on any atom is -0.506 e. The van der Waals surface area contributed by atoms with E-state index >= 15 is 0 Å². The normalized spacial score (nSPS) is 14.2. The minimum atomic E-state index is -0.223. The Hall–Kier alpha value is -3.49. The Morgan fingerprint density at radius 1 is 0.786 bits per heavy atom. The summed E-state index contributed by atoms with van der Waals surface area (Å²) in [6.45, 7) is 17.7. The third-order valence-corrected chi connectivity index (χ3v) is 8.40. The van der Waals surface area contributed by atoms with E-state index in [1.165, 1.54) is 16.7 Å². The van der Waals surface area contributed by atoms with E-state index in [1.807, 2.05) is 18.3 Å². The van der Waals surface area contributed by atoms with Crippen LogP contribution in [0.2, 0.25) is 0 Å². The largest absolute Gasteiger partial charge is 0.506 e. The quantitative estimate of drug-likeness (QED) is 0.184. The third kappa shape index (κ3) is 4.94. The minimum absolute atomic E-state index is 0. The number of phenols is 1. The van der Waals surface area contributed by atoms with E-state index in [0.29, 0.717) is 5.52 Å². The Bertz CT molecular complexity index is 1790. The predicted molar refractivity (Wildman–Crippen MR) is 170 cm³/mol. The van der Waals surface area contributed by atoms with Gasteiger partial charge in [-0.15, -0.1) is 23.8 Å². The van der Waals surface area contributed by atoms with Crippen LogP contribution in [0.15, 0.2) is 79.0 Å². The number of rotatable bonds is 2. The Morgan fingerprint density at radius 3 is 2.19 bits per heavy atom. The van der Waals surface area contributed by atoms with Crippen LogP contribution in [0.4, 0.5) is 17.2 Å². The van der Waals surface area contributed by atoms with Gasteiger partial charge in [-0.05, 0) is 62.5 Å². The van der Waals surface area contributed by atoms with Crippen LogP contribution in [-0.2, 0) is 37.3 Å². The predicted octanol–water partition coefficient (Wildman–Crippen LogP) is 9.50. The Morgan fingerprint density at radius 2 is 1.52 bits per heavy atom. The molecule has 0 fully saturated rings. The molecule has 1 aliphatic rings. The second-order valence-electron chi connectivity index (χ2n) is 13.7. The zero-order valence-corrected chi connectivity index (χ0v) is 27.9. The van der Waals surface area contributed by atoms with Gasteiger partial charge in [0.1, 0.15) is 17.1 Å². The molecule has 5 aromatic rings. The molecule has 218 valence electrons. The molecule has 0 amide bonds. The topological polar surface area (TPSA) is 49.2 Å². The van der Waals surface area contributed by atoms with Crippen LogP contribution in [-0.4, -0.2) is 15.1 Å². The van der Waals surface area contributed by atoms with Crippen LogP contribution >= 0.6 is 0 Å². The molecule has 0 unspecified atom stereocenters. The molecule has 0 aliphatic carbocycles. The number of aromatic hydroxyl groups is 1. The van der Waals surface area contributed by atoms with Crippen molar-refractivity contribution in [2.75, 3.05) is 4.90 Å². The summed E-state index contributed by atoms with van der Waals surface area (Å²) in [6, 6.07) is 28.8. The molecule has 1 aliphatic heterocycles. The molecule has 0 spiro atoms. The van der Waals surface area contributed by atoms with E-state index in [4.69, 9.17) is 9.97 Å². The standard InChI is InChI=1S/C37H38N3O.Pt/c1-35(2,3)24-14-20-33(38-22-24)40-30-12-10-9-11-27(30)37(7,8)28-16-13-23(21-31(28)40)29-18-15-25-26(36(4,5)6)17-19-32(41)34(25)39-29;/h9-20,22,41H,1-8H3;/q-1;. The number of pyridine rings is 2. The van der Waals surface area contributed by atoms with E-state index in [9.17, 15) is 5.11 Å². The number of hydrogen-bond acceptors (Lipinski definition) is 4. The van der Waals surface area contributed by atoms with Crippen molar-refractivity contribution in [2.45, 2.75) is 71.6 Å². The number of para-hydroxylation sites is 1. The molecule has 6 rings (SSSR count). The zero-order chi connectivity index (χ0) is 29.3. The number of phenolic OH excluding ortho intramolecular Hbond substituents is 1. The summed E-state index contributed by atoms with van der Waals surface area (Å²) in [4.78, 5) is 12.2.